The van der Waals surface area contributed by atoms with E-state index in [0.29, 0.717) is 50.8 Å². The first kappa shape index (κ1) is 54.2. The van der Waals surface area contributed by atoms with Crippen LogP contribution in [0.1, 0.15) is 92.5 Å². The second kappa shape index (κ2) is 23.7. The number of amides is 2. The van der Waals surface area contributed by atoms with Gasteiger partial charge in [-0.3, -0.25) is 0 Å². The average Bonchev–Trinajstić information content (AvgIpc) is 3.96. The minimum absolute atomic E-state index is 0.0163. The molecule has 0 aliphatic carbocycles. The summed E-state index contributed by atoms with van der Waals surface area (Å²) in [6, 6.07) is 21.0. The maximum Gasteiger partial charge on any atom is 0.488 e. The predicted molar refractivity (Wildman–Crippen MR) is 283 cm³/mol. The topological polar surface area (TPSA) is 213 Å². The van der Waals surface area contributed by atoms with Crippen LogP contribution in [-0.2, 0) is 18.9 Å². The molecule has 2 atom stereocenters. The van der Waals surface area contributed by atoms with Crippen LogP contribution in [-0.4, -0.2) is 133 Å². The van der Waals surface area contributed by atoms with Gasteiger partial charge in [-0.1, -0.05) is 40.2 Å². The van der Waals surface area contributed by atoms with E-state index in [2.05, 4.69) is 38.3 Å². The Bertz CT molecular complexity index is 2820. The number of halogens is 1. The van der Waals surface area contributed by atoms with Gasteiger partial charge in [0.05, 0.1) is 47.4 Å². The molecule has 20 heteroatoms. The molecule has 2 unspecified atom stereocenters. The fourth-order valence-electron chi connectivity index (χ4n) is 8.91. The average molecular weight is 1080 g/mol. The second-order valence-corrected chi connectivity index (χ2v) is 22.1. The number of likely N-dealkylation sites (tertiary alicyclic amines) is 2. The van der Waals surface area contributed by atoms with E-state index in [1.165, 1.54) is 24.3 Å². The van der Waals surface area contributed by atoms with Gasteiger partial charge in [-0.25, -0.2) is 19.0 Å². The van der Waals surface area contributed by atoms with Crippen LogP contribution in [0.5, 0.6) is 23.0 Å². The highest BCUT2D eigenvalue weighted by Crippen LogP contribution is 2.38. The zero-order valence-electron chi connectivity index (χ0n) is 43.0. The standard InChI is InChI=1S/C27H33N3O5.C21H28BrN3O4.C6H7BO3/c1-27(2,3)35-26(32)29-15-18(16-29)17-34-24-13-20(19-7-9-21(31)10-8-19)12-23-22(24)14-28-30(23)25-6-4-5-11-33-25;1-21(2,3)29-20(26)24-11-14(12-24)13-28-18-9-15(22)8-17-16(18)10-23-25(17)19-6-4-5-7-27-19;8-6-3-1-5(2-4-6)7(9)10/h7-10,12-14,18,25,31H,4-6,11,15-17H2,1-3H3;8-10,14,19H,4-7,11-13H2,1-3H3;1-4,8-10H. The van der Waals surface area contributed by atoms with Gasteiger partial charge >= 0.3 is 19.3 Å². The molecule has 0 saturated carbocycles. The molecule has 0 bridgehead atoms. The van der Waals surface area contributed by atoms with Crippen LogP contribution >= 0.6 is 15.9 Å². The molecule has 4 aliphatic rings. The summed E-state index contributed by atoms with van der Waals surface area (Å²) in [4.78, 5) is 27.7. The minimum Gasteiger partial charge on any atom is -0.508 e. The van der Waals surface area contributed by atoms with Crippen LogP contribution in [0, 0.1) is 11.8 Å². The first-order chi connectivity index (χ1) is 35.3. The number of rotatable bonds is 10. The Morgan fingerprint density at radius 1 is 0.635 bits per heavy atom. The Labute approximate surface area is 440 Å². The van der Waals surface area contributed by atoms with Crippen molar-refractivity contribution in [2.24, 2.45) is 11.8 Å². The highest BCUT2D eigenvalue weighted by molar-refractivity contribution is 9.10. The molecule has 2 aromatic heterocycles. The molecular formula is C54H68BBrN6O12. The van der Waals surface area contributed by atoms with Crippen LogP contribution in [0.25, 0.3) is 32.9 Å². The van der Waals surface area contributed by atoms with E-state index in [-0.39, 0.29) is 42.1 Å². The van der Waals surface area contributed by atoms with E-state index in [1.807, 2.05) is 87.6 Å². The first-order valence-corrected chi connectivity index (χ1v) is 26.1. The molecule has 4 saturated heterocycles. The predicted octanol–water partition coefficient (Wildman–Crippen LogP) is 9.17. The van der Waals surface area contributed by atoms with Crippen molar-refractivity contribution in [3.8, 4) is 34.1 Å². The number of carbonyl (C=O) groups excluding carboxylic acids is 2. The molecule has 18 nitrogen and oxygen atoms in total. The van der Waals surface area contributed by atoms with Gasteiger partial charge in [0.1, 0.15) is 34.2 Å². The summed E-state index contributed by atoms with van der Waals surface area (Å²) in [7, 11) is -1.46. The van der Waals surface area contributed by atoms with Gasteiger partial charge < -0.3 is 58.5 Å². The summed E-state index contributed by atoms with van der Waals surface area (Å²) >= 11 is 3.59. The monoisotopic (exact) mass is 1080 g/mol. The van der Waals surface area contributed by atoms with E-state index < -0.39 is 18.3 Å². The van der Waals surface area contributed by atoms with Crippen LogP contribution in [0.15, 0.2) is 89.7 Å². The number of benzene rings is 4. The smallest absolute Gasteiger partial charge is 0.488 e. The number of phenols is 2. The maximum absolute atomic E-state index is 12.2. The molecule has 4 aromatic carbocycles. The number of ether oxygens (including phenoxy) is 6. The third kappa shape index (κ3) is 14.2. The van der Waals surface area contributed by atoms with E-state index in [9.17, 15) is 14.7 Å². The van der Waals surface area contributed by atoms with Gasteiger partial charge in [0.15, 0.2) is 12.5 Å². The molecule has 2 amide bonds. The Morgan fingerprint density at radius 3 is 1.51 bits per heavy atom. The van der Waals surface area contributed by atoms with Crippen LogP contribution in [0.4, 0.5) is 9.59 Å². The third-order valence-corrected chi connectivity index (χ3v) is 13.2. The molecule has 396 valence electrons. The van der Waals surface area contributed by atoms with Crippen molar-refractivity contribution in [1.82, 2.24) is 29.4 Å². The van der Waals surface area contributed by atoms with E-state index in [4.69, 9.17) is 43.6 Å². The highest BCUT2D eigenvalue weighted by Gasteiger charge is 2.36. The quantitative estimate of drug-likeness (QED) is 0.0943. The SMILES string of the molecule is CC(C)(C)OC(=O)N1CC(COc2cc(-c3ccc(O)cc3)cc3c2cnn3C2CCCCO2)C1.CC(C)(C)OC(=O)N1CC(COc2cc(Br)cc3c2cnn3C2CCCCO2)C1.OB(O)c1ccc(O)cc1. The Kier molecular flexibility index (Phi) is 17.3. The summed E-state index contributed by atoms with van der Waals surface area (Å²) in [6.45, 7) is 16.4. The van der Waals surface area contributed by atoms with Crippen LogP contribution in [0.2, 0.25) is 0 Å². The molecule has 4 fully saturated rings. The lowest BCUT2D eigenvalue weighted by Crippen LogP contribution is -2.53. The van der Waals surface area contributed by atoms with Crippen molar-refractivity contribution >= 4 is 62.5 Å². The number of phenolic OH excluding ortho intramolecular Hbond substituents is 2. The zero-order chi connectivity index (χ0) is 52.7. The number of aromatic nitrogens is 4. The fraction of sp³-hybridized carbons (Fsp3) is 0.481. The number of hydrogen-bond donors (Lipinski definition) is 4. The number of carbonyl (C=O) groups is 2. The minimum atomic E-state index is -1.46. The third-order valence-electron chi connectivity index (χ3n) is 12.7. The fourth-order valence-corrected chi connectivity index (χ4v) is 9.33. The normalized spacial score (nSPS) is 18.3. The van der Waals surface area contributed by atoms with E-state index in [1.54, 1.807) is 21.9 Å². The molecule has 0 spiro atoms. The van der Waals surface area contributed by atoms with Crippen molar-refractivity contribution in [1.29, 1.82) is 0 Å². The Morgan fingerprint density at radius 2 is 1.08 bits per heavy atom. The molecule has 4 N–H and O–H groups in total. The van der Waals surface area contributed by atoms with Gasteiger partial charge in [-0.15, -0.1) is 0 Å². The molecule has 6 heterocycles. The molecule has 0 radical (unpaired) electrons. The van der Waals surface area contributed by atoms with Crippen molar-refractivity contribution in [2.45, 2.75) is 104 Å². The Balaban J connectivity index is 0.000000168. The summed E-state index contributed by atoms with van der Waals surface area (Å²) in [5, 5.41) is 46.8. The highest BCUT2D eigenvalue weighted by atomic mass is 79.9. The second-order valence-electron chi connectivity index (χ2n) is 21.2. The first-order valence-electron chi connectivity index (χ1n) is 25.3. The number of aromatic hydroxyl groups is 2. The van der Waals surface area contributed by atoms with Gasteiger partial charge in [0.2, 0.25) is 0 Å². The Hall–Kier alpha value is -6.06. The molecule has 74 heavy (non-hydrogen) atoms. The van der Waals surface area contributed by atoms with Gasteiger partial charge in [0, 0.05) is 55.7 Å². The largest absolute Gasteiger partial charge is 0.508 e. The molecule has 4 aliphatic heterocycles. The summed E-state index contributed by atoms with van der Waals surface area (Å²) < 4.78 is 40.1. The number of nitrogens with zero attached hydrogens (tertiary/aromatic N) is 6. The summed E-state index contributed by atoms with van der Waals surface area (Å²) in [6.07, 6.45) is 9.41. The van der Waals surface area contributed by atoms with Gasteiger partial charge in [-0.05, 0) is 145 Å². The molecule has 10 rings (SSSR count). The van der Waals surface area contributed by atoms with E-state index >= 15 is 0 Å². The maximum atomic E-state index is 12.2. The summed E-state index contributed by atoms with van der Waals surface area (Å²) in [5.41, 5.74) is 3.33. The molecule has 6 aromatic rings. The van der Waals surface area contributed by atoms with Gasteiger partial charge in [-0.2, -0.15) is 10.2 Å². The number of fused-ring (bicyclic) bond motifs is 2. The zero-order valence-corrected chi connectivity index (χ0v) is 44.6. The lowest BCUT2D eigenvalue weighted by molar-refractivity contribution is -0.0367. The van der Waals surface area contributed by atoms with Crippen LogP contribution in [0.3, 0.4) is 0 Å². The molecular weight excluding hydrogens is 1020 g/mol. The summed E-state index contributed by atoms with van der Waals surface area (Å²) in [5.74, 6) is 2.44. The lowest BCUT2D eigenvalue weighted by Gasteiger charge is -2.39. The van der Waals surface area contributed by atoms with Gasteiger partial charge in [0.25, 0.3) is 0 Å². The lowest BCUT2D eigenvalue weighted by atomic mass is 9.80. The van der Waals surface area contributed by atoms with Crippen molar-refractivity contribution < 1.29 is 58.3 Å². The number of hydrogen-bond acceptors (Lipinski definition) is 14. The van der Waals surface area contributed by atoms with E-state index in [0.717, 1.165) is 101 Å². The van der Waals surface area contributed by atoms with Crippen LogP contribution < -0.4 is 14.9 Å². The van der Waals surface area contributed by atoms with Crippen molar-refractivity contribution in [2.75, 3.05) is 52.6 Å². The van der Waals surface area contributed by atoms with Crippen molar-refractivity contribution in [3.05, 3.63) is 89.7 Å². The van der Waals surface area contributed by atoms with Crippen molar-refractivity contribution in [3.63, 3.8) is 0 Å².